The number of nitrogens with zero attached hydrogens (tertiary/aromatic N) is 3. The second kappa shape index (κ2) is 9.41. The fourth-order valence-electron chi connectivity index (χ4n) is 4.17. The minimum absolute atomic E-state index is 0.548. The molecule has 0 bridgehead atoms. The Morgan fingerprint density at radius 2 is 1.82 bits per heavy atom. The number of rotatable bonds is 8. The Bertz CT molecular complexity index is 1330. The quantitative estimate of drug-likeness (QED) is 0.258. The van der Waals surface area contributed by atoms with Crippen molar-refractivity contribution in [3.63, 3.8) is 0 Å². The number of aromatic nitrogens is 2. The molecule has 1 aliphatic carbocycles. The monoisotopic (exact) mass is 452 g/mol. The van der Waals surface area contributed by atoms with Crippen LogP contribution in [0.4, 0.5) is 11.5 Å². The van der Waals surface area contributed by atoms with Gasteiger partial charge in [0.25, 0.3) is 0 Å². The summed E-state index contributed by atoms with van der Waals surface area (Å²) in [6.07, 6.45) is 5.39. The van der Waals surface area contributed by atoms with E-state index < -0.39 is 0 Å². The van der Waals surface area contributed by atoms with E-state index in [0.29, 0.717) is 18.3 Å². The van der Waals surface area contributed by atoms with Crippen LogP contribution in [0, 0.1) is 0 Å². The average Bonchev–Trinajstić information content (AvgIpc) is 3.72. The number of para-hydroxylation sites is 1. The predicted octanol–water partition coefficient (Wildman–Crippen LogP) is 4.90. The van der Waals surface area contributed by atoms with Gasteiger partial charge in [-0.15, -0.1) is 0 Å². The molecule has 172 valence electrons. The molecular formula is C27H28N6O. The lowest BCUT2D eigenvalue weighted by molar-refractivity contribution is 0.415. The Hall–Kier alpha value is -4.10. The largest absolute Gasteiger partial charge is 0.496 e. The zero-order valence-electron chi connectivity index (χ0n) is 19.1. The summed E-state index contributed by atoms with van der Waals surface area (Å²) in [5.41, 5.74) is 10.5. The normalized spacial score (nSPS) is 13.4. The number of methoxy groups -OCH3 is 1. The van der Waals surface area contributed by atoms with Crippen molar-refractivity contribution in [2.45, 2.75) is 25.3 Å². The second-order valence-corrected chi connectivity index (χ2v) is 8.38. The summed E-state index contributed by atoms with van der Waals surface area (Å²) >= 11 is 0. The van der Waals surface area contributed by atoms with Crippen molar-refractivity contribution in [1.82, 2.24) is 9.97 Å². The van der Waals surface area contributed by atoms with E-state index in [-0.39, 0.29) is 0 Å². The van der Waals surface area contributed by atoms with Crippen LogP contribution in [0.3, 0.4) is 0 Å². The van der Waals surface area contributed by atoms with Crippen molar-refractivity contribution in [3.05, 3.63) is 90.3 Å². The molecule has 1 aliphatic rings. The van der Waals surface area contributed by atoms with E-state index in [4.69, 9.17) is 26.3 Å². The second-order valence-electron chi connectivity index (χ2n) is 8.38. The molecule has 0 aliphatic heterocycles. The Kier molecular flexibility index (Phi) is 6.01. The van der Waals surface area contributed by atoms with Gasteiger partial charge in [-0.2, -0.15) is 0 Å². The van der Waals surface area contributed by atoms with Crippen molar-refractivity contribution in [2.24, 2.45) is 11.6 Å². The van der Waals surface area contributed by atoms with E-state index in [9.17, 15) is 0 Å². The van der Waals surface area contributed by atoms with E-state index in [2.05, 4.69) is 11.4 Å². The fourth-order valence-corrected chi connectivity index (χ4v) is 4.17. The number of nitrogens with two attached hydrogens (primary N) is 2. The predicted molar refractivity (Wildman–Crippen MR) is 137 cm³/mol. The Morgan fingerprint density at radius 1 is 1.03 bits per heavy atom. The molecule has 0 amide bonds. The lowest BCUT2D eigenvalue weighted by atomic mass is 10.0. The van der Waals surface area contributed by atoms with Crippen molar-refractivity contribution in [1.29, 1.82) is 0 Å². The van der Waals surface area contributed by atoms with Gasteiger partial charge in [0.05, 0.1) is 23.9 Å². The summed E-state index contributed by atoms with van der Waals surface area (Å²) in [5, 5.41) is 5.98. The van der Waals surface area contributed by atoms with Crippen LogP contribution in [-0.4, -0.2) is 17.1 Å². The van der Waals surface area contributed by atoms with E-state index in [0.717, 1.165) is 39.3 Å². The lowest BCUT2D eigenvalue weighted by Gasteiger charge is -2.16. The number of ether oxygens (including phenoxy) is 1. The first-order chi connectivity index (χ1) is 16.7. The lowest BCUT2D eigenvalue weighted by Crippen LogP contribution is -2.24. The molecule has 0 atom stereocenters. The summed E-state index contributed by atoms with van der Waals surface area (Å²) < 4.78 is 5.72. The topological polar surface area (TPSA) is 102 Å². The third kappa shape index (κ3) is 4.38. The summed E-state index contributed by atoms with van der Waals surface area (Å²) in [4.78, 5) is 9.90. The smallest absolute Gasteiger partial charge is 0.166 e. The molecule has 4 aromatic rings. The molecule has 1 saturated carbocycles. The van der Waals surface area contributed by atoms with Gasteiger partial charge in [-0.3, -0.25) is 5.01 Å². The molecule has 34 heavy (non-hydrogen) atoms. The van der Waals surface area contributed by atoms with Crippen molar-refractivity contribution < 1.29 is 4.74 Å². The third-order valence-corrected chi connectivity index (χ3v) is 6.06. The maximum Gasteiger partial charge on any atom is 0.166 e. The van der Waals surface area contributed by atoms with Gasteiger partial charge in [0, 0.05) is 24.3 Å². The first-order valence-electron chi connectivity index (χ1n) is 11.4. The third-order valence-electron chi connectivity index (χ3n) is 6.06. The molecule has 0 radical (unpaired) electrons. The Labute approximate surface area is 199 Å². The van der Waals surface area contributed by atoms with Gasteiger partial charge in [0.2, 0.25) is 0 Å². The zero-order chi connectivity index (χ0) is 23.5. The SMILES string of the molecule is COc1cccc(C2CC2)c1-c1nc(NCc2ccc(N(N)/C=C\N)cc2)c2ccccc2n1. The number of benzene rings is 3. The molecule has 5 rings (SSSR count). The van der Waals surface area contributed by atoms with Crippen LogP contribution in [0.15, 0.2) is 79.1 Å². The van der Waals surface area contributed by atoms with E-state index >= 15 is 0 Å². The summed E-state index contributed by atoms with van der Waals surface area (Å²) in [6.45, 7) is 0.611. The summed E-state index contributed by atoms with van der Waals surface area (Å²) in [7, 11) is 1.70. The van der Waals surface area contributed by atoms with Gasteiger partial charge in [0.1, 0.15) is 11.6 Å². The molecule has 3 aromatic carbocycles. The standard InChI is InChI=1S/C27H28N6O/c1-34-24-8-4-6-21(19-11-12-19)25(24)27-31-23-7-3-2-5-22(23)26(32-27)30-17-18-9-13-20(14-10-18)33(29)16-15-28/h2-10,13-16,19H,11-12,17,28-29H2,1H3,(H,30,31,32)/b16-15-. The molecule has 0 saturated heterocycles. The highest BCUT2D eigenvalue weighted by atomic mass is 16.5. The molecule has 0 spiro atoms. The highest BCUT2D eigenvalue weighted by molar-refractivity contribution is 5.91. The highest BCUT2D eigenvalue weighted by Crippen LogP contribution is 2.47. The minimum atomic E-state index is 0.548. The Balaban J connectivity index is 1.49. The number of fused-ring (bicyclic) bond motifs is 1. The molecule has 1 fully saturated rings. The maximum atomic E-state index is 5.94. The van der Waals surface area contributed by atoms with E-state index in [1.807, 2.05) is 60.7 Å². The summed E-state index contributed by atoms with van der Waals surface area (Å²) in [5.74, 6) is 8.77. The van der Waals surface area contributed by atoms with Crippen LogP contribution in [-0.2, 0) is 6.54 Å². The molecule has 7 nitrogen and oxygen atoms in total. The Morgan fingerprint density at radius 3 is 2.56 bits per heavy atom. The van der Waals surface area contributed by atoms with Gasteiger partial charge in [-0.25, -0.2) is 15.8 Å². The van der Waals surface area contributed by atoms with E-state index in [1.165, 1.54) is 29.6 Å². The summed E-state index contributed by atoms with van der Waals surface area (Å²) in [6, 6.07) is 22.2. The van der Waals surface area contributed by atoms with Gasteiger partial charge in [0.15, 0.2) is 5.82 Å². The maximum absolute atomic E-state index is 5.94. The van der Waals surface area contributed by atoms with Gasteiger partial charge in [-0.1, -0.05) is 36.4 Å². The van der Waals surface area contributed by atoms with Crippen LogP contribution < -0.4 is 26.6 Å². The van der Waals surface area contributed by atoms with E-state index in [1.54, 1.807) is 13.3 Å². The van der Waals surface area contributed by atoms with Crippen LogP contribution in [0.2, 0.25) is 0 Å². The first-order valence-corrected chi connectivity index (χ1v) is 11.4. The molecule has 7 heteroatoms. The van der Waals surface area contributed by atoms with Gasteiger partial charge >= 0.3 is 0 Å². The van der Waals surface area contributed by atoms with Crippen LogP contribution in [0.1, 0.15) is 29.9 Å². The highest BCUT2D eigenvalue weighted by Gasteiger charge is 2.29. The zero-order valence-corrected chi connectivity index (χ0v) is 19.1. The molecule has 1 aromatic heterocycles. The molecular weight excluding hydrogens is 424 g/mol. The number of hydrazine groups is 1. The molecule has 0 unspecified atom stereocenters. The van der Waals surface area contributed by atoms with Crippen LogP contribution in [0.5, 0.6) is 5.75 Å². The van der Waals surface area contributed by atoms with Crippen molar-refractivity contribution >= 4 is 22.4 Å². The average molecular weight is 453 g/mol. The first kappa shape index (κ1) is 21.7. The number of anilines is 2. The number of hydrogen-bond donors (Lipinski definition) is 3. The number of nitrogens with one attached hydrogen (secondary N) is 1. The van der Waals surface area contributed by atoms with Gasteiger partial charge in [-0.05, 0) is 60.2 Å². The van der Waals surface area contributed by atoms with Crippen molar-refractivity contribution in [3.8, 4) is 17.1 Å². The molecule has 1 heterocycles. The molecule has 5 N–H and O–H groups in total. The van der Waals surface area contributed by atoms with Gasteiger partial charge < -0.3 is 15.8 Å². The fraction of sp³-hybridized carbons (Fsp3) is 0.185. The minimum Gasteiger partial charge on any atom is -0.496 e. The van der Waals surface area contributed by atoms with Crippen molar-refractivity contribution in [2.75, 3.05) is 17.4 Å². The van der Waals surface area contributed by atoms with Crippen LogP contribution in [0.25, 0.3) is 22.3 Å². The number of hydrogen-bond acceptors (Lipinski definition) is 7. The van der Waals surface area contributed by atoms with Crippen LogP contribution >= 0.6 is 0 Å².